The Labute approximate surface area is 232 Å². The van der Waals surface area contributed by atoms with Crippen molar-refractivity contribution in [2.24, 2.45) is 11.0 Å². The van der Waals surface area contributed by atoms with Crippen LogP contribution in [-0.2, 0) is 6.54 Å². The van der Waals surface area contributed by atoms with Crippen LogP contribution in [0, 0.1) is 19.8 Å². The normalized spacial score (nSPS) is 14.5. The number of hydrogen-bond acceptors (Lipinski definition) is 5. The van der Waals surface area contributed by atoms with Gasteiger partial charge >= 0.3 is 0 Å². The number of nitrogens with zero attached hydrogens (tertiary/aromatic N) is 2. The Hall–Kier alpha value is -3.33. The van der Waals surface area contributed by atoms with Gasteiger partial charge in [0.1, 0.15) is 0 Å². The number of hydrazone groups is 1. The first-order valence-corrected chi connectivity index (χ1v) is 13.6. The summed E-state index contributed by atoms with van der Waals surface area (Å²) in [6.45, 7) is 7.09. The van der Waals surface area contributed by atoms with Crippen molar-refractivity contribution in [3.8, 4) is 0 Å². The molecule has 3 aromatic rings. The van der Waals surface area contributed by atoms with Gasteiger partial charge < -0.3 is 10.4 Å². The maximum absolute atomic E-state index is 13.0. The molecule has 1 saturated heterocycles. The van der Waals surface area contributed by atoms with Crippen molar-refractivity contribution in [2.75, 3.05) is 25.0 Å². The average Bonchev–Trinajstić information content (AvgIpc) is 2.92. The van der Waals surface area contributed by atoms with Gasteiger partial charge in [-0.3, -0.25) is 14.5 Å². The van der Waals surface area contributed by atoms with Gasteiger partial charge in [-0.2, -0.15) is 5.10 Å². The van der Waals surface area contributed by atoms with Crippen LogP contribution in [0.1, 0.15) is 55.8 Å². The molecule has 2 amide bonds. The van der Waals surface area contributed by atoms with Crippen LogP contribution >= 0.6 is 15.9 Å². The molecule has 0 bridgehead atoms. The number of amides is 2. The third-order valence-electron chi connectivity index (χ3n) is 6.97. The number of carbonyl (C=O) groups is 2. The molecule has 4 rings (SSSR count). The summed E-state index contributed by atoms with van der Waals surface area (Å²) in [4.78, 5) is 28.3. The molecule has 3 aromatic carbocycles. The van der Waals surface area contributed by atoms with Crippen LogP contribution in [-0.4, -0.2) is 47.7 Å². The van der Waals surface area contributed by atoms with E-state index in [1.54, 1.807) is 36.5 Å². The molecule has 0 aromatic heterocycles. The largest absolute Gasteiger partial charge is 0.396 e. The smallest absolute Gasteiger partial charge is 0.273 e. The average molecular weight is 578 g/mol. The second-order valence-corrected chi connectivity index (χ2v) is 10.7. The van der Waals surface area contributed by atoms with Crippen LogP contribution in [0.3, 0.4) is 0 Å². The highest BCUT2D eigenvalue weighted by molar-refractivity contribution is 9.10. The molecular weight excluding hydrogens is 544 g/mol. The van der Waals surface area contributed by atoms with Gasteiger partial charge in [-0.05, 0) is 98.3 Å². The standard InChI is InChI=1S/C30H33BrN4O3/c1-20-3-4-24(15-21(20)2)17-32-34-30(38)27-16-26(31)9-10-28(27)33-29(37)25-7-5-22(6-8-25)18-35-13-11-23(19-36)12-14-35/h3-10,15-17,23,36H,11-14,18-19H2,1-2H3,(H,33,37)(H,34,38). The number of benzene rings is 3. The molecule has 1 heterocycles. The van der Waals surface area contributed by atoms with Gasteiger partial charge in [0, 0.05) is 23.2 Å². The lowest BCUT2D eigenvalue weighted by Gasteiger charge is -2.31. The predicted octanol–water partition coefficient (Wildman–Crippen LogP) is 5.29. The van der Waals surface area contributed by atoms with Crippen molar-refractivity contribution in [3.05, 3.63) is 98.5 Å². The number of aryl methyl sites for hydroxylation is 2. The zero-order valence-electron chi connectivity index (χ0n) is 21.7. The molecule has 3 N–H and O–H groups in total. The summed E-state index contributed by atoms with van der Waals surface area (Å²) in [7, 11) is 0. The summed E-state index contributed by atoms with van der Waals surface area (Å²) in [5.41, 5.74) is 8.11. The molecule has 0 atom stereocenters. The highest BCUT2D eigenvalue weighted by atomic mass is 79.9. The number of piperidine rings is 1. The fourth-order valence-corrected chi connectivity index (χ4v) is 4.79. The molecule has 1 fully saturated rings. The number of aliphatic hydroxyl groups is 1. The van der Waals surface area contributed by atoms with Gasteiger partial charge in [-0.25, -0.2) is 5.43 Å². The van der Waals surface area contributed by atoms with Crippen molar-refractivity contribution >= 4 is 39.6 Å². The molecule has 0 aliphatic carbocycles. The number of rotatable bonds is 8. The molecule has 7 nitrogen and oxygen atoms in total. The highest BCUT2D eigenvalue weighted by Crippen LogP contribution is 2.23. The van der Waals surface area contributed by atoms with Crippen molar-refractivity contribution in [1.29, 1.82) is 0 Å². The number of hydrogen-bond donors (Lipinski definition) is 3. The van der Waals surface area contributed by atoms with Crippen molar-refractivity contribution in [3.63, 3.8) is 0 Å². The Morgan fingerprint density at radius 2 is 1.74 bits per heavy atom. The molecule has 1 aliphatic rings. The van der Waals surface area contributed by atoms with Crippen LogP contribution in [0.2, 0.25) is 0 Å². The van der Waals surface area contributed by atoms with Gasteiger partial charge in [-0.1, -0.05) is 46.3 Å². The molecule has 0 saturated carbocycles. The molecule has 198 valence electrons. The van der Waals surface area contributed by atoms with E-state index in [0.29, 0.717) is 27.2 Å². The first kappa shape index (κ1) is 27.7. The fraction of sp³-hybridized carbons (Fsp3) is 0.300. The molecule has 0 spiro atoms. The molecular formula is C30H33BrN4O3. The van der Waals surface area contributed by atoms with E-state index < -0.39 is 5.91 Å². The maximum Gasteiger partial charge on any atom is 0.273 e. The van der Waals surface area contributed by atoms with Crippen molar-refractivity contribution in [2.45, 2.75) is 33.2 Å². The highest BCUT2D eigenvalue weighted by Gasteiger charge is 2.19. The Bertz CT molecular complexity index is 1320. The number of carbonyl (C=O) groups excluding carboxylic acids is 2. The van der Waals surface area contributed by atoms with E-state index in [1.807, 2.05) is 44.2 Å². The minimum Gasteiger partial charge on any atom is -0.396 e. The van der Waals surface area contributed by atoms with E-state index in [0.717, 1.165) is 49.2 Å². The number of aliphatic hydroxyl groups excluding tert-OH is 1. The number of anilines is 1. The Balaban J connectivity index is 1.38. The van der Waals surface area contributed by atoms with E-state index in [1.165, 1.54) is 5.56 Å². The number of likely N-dealkylation sites (tertiary alicyclic amines) is 1. The van der Waals surface area contributed by atoms with Crippen LogP contribution < -0.4 is 10.7 Å². The Kier molecular flexibility index (Phi) is 9.44. The summed E-state index contributed by atoms with van der Waals surface area (Å²) in [6, 6.07) is 18.6. The summed E-state index contributed by atoms with van der Waals surface area (Å²) in [5, 5.41) is 16.3. The van der Waals surface area contributed by atoms with Gasteiger partial charge in [0.15, 0.2) is 0 Å². The zero-order valence-corrected chi connectivity index (χ0v) is 23.3. The lowest BCUT2D eigenvalue weighted by molar-refractivity contribution is 0.0956. The third-order valence-corrected chi connectivity index (χ3v) is 7.47. The lowest BCUT2D eigenvalue weighted by Crippen LogP contribution is -2.34. The maximum atomic E-state index is 13.0. The van der Waals surface area contributed by atoms with Gasteiger partial charge in [-0.15, -0.1) is 0 Å². The van der Waals surface area contributed by atoms with E-state index >= 15 is 0 Å². The monoisotopic (exact) mass is 576 g/mol. The Morgan fingerprint density at radius 3 is 2.42 bits per heavy atom. The van der Waals surface area contributed by atoms with Gasteiger partial charge in [0.05, 0.1) is 17.5 Å². The summed E-state index contributed by atoms with van der Waals surface area (Å²) >= 11 is 3.40. The summed E-state index contributed by atoms with van der Waals surface area (Å²) < 4.78 is 0.714. The predicted molar refractivity (Wildman–Crippen MR) is 155 cm³/mol. The SMILES string of the molecule is Cc1ccc(C=NNC(=O)c2cc(Br)ccc2NC(=O)c2ccc(CN3CCC(CO)CC3)cc2)cc1C. The number of nitrogens with one attached hydrogen (secondary N) is 2. The number of halogens is 1. The van der Waals surface area contributed by atoms with Crippen molar-refractivity contribution < 1.29 is 14.7 Å². The molecule has 8 heteroatoms. The first-order valence-electron chi connectivity index (χ1n) is 12.8. The molecule has 38 heavy (non-hydrogen) atoms. The lowest BCUT2D eigenvalue weighted by atomic mass is 9.97. The second-order valence-electron chi connectivity index (χ2n) is 9.79. The van der Waals surface area contributed by atoms with E-state index in [4.69, 9.17) is 0 Å². The van der Waals surface area contributed by atoms with E-state index in [9.17, 15) is 14.7 Å². The molecule has 0 radical (unpaired) electrons. The van der Waals surface area contributed by atoms with E-state index in [2.05, 4.69) is 36.7 Å². The second kappa shape index (κ2) is 13.0. The Morgan fingerprint density at radius 1 is 1.00 bits per heavy atom. The van der Waals surface area contributed by atoms with Crippen LogP contribution in [0.25, 0.3) is 0 Å². The summed E-state index contributed by atoms with van der Waals surface area (Å²) in [5.74, 6) is -0.315. The fourth-order valence-electron chi connectivity index (χ4n) is 4.43. The minimum atomic E-state index is -0.429. The van der Waals surface area contributed by atoms with Crippen molar-refractivity contribution in [1.82, 2.24) is 10.3 Å². The first-order chi connectivity index (χ1) is 18.3. The zero-order chi connectivity index (χ0) is 27.1. The van der Waals surface area contributed by atoms with Gasteiger partial charge in [0.25, 0.3) is 11.8 Å². The van der Waals surface area contributed by atoms with Crippen LogP contribution in [0.5, 0.6) is 0 Å². The molecule has 0 unspecified atom stereocenters. The topological polar surface area (TPSA) is 94.0 Å². The van der Waals surface area contributed by atoms with E-state index in [-0.39, 0.29) is 12.5 Å². The van der Waals surface area contributed by atoms with Gasteiger partial charge in [0.2, 0.25) is 0 Å². The quantitative estimate of drug-likeness (QED) is 0.251. The summed E-state index contributed by atoms with van der Waals surface area (Å²) in [6.07, 6.45) is 3.62. The van der Waals surface area contributed by atoms with Crippen LogP contribution in [0.4, 0.5) is 5.69 Å². The molecule has 1 aliphatic heterocycles. The van der Waals surface area contributed by atoms with Crippen LogP contribution in [0.15, 0.2) is 70.2 Å². The third kappa shape index (κ3) is 7.37. The minimum absolute atomic E-state index is 0.264.